The summed E-state index contributed by atoms with van der Waals surface area (Å²) >= 11 is 5.22. The highest BCUT2D eigenvalue weighted by molar-refractivity contribution is 7.89. The summed E-state index contributed by atoms with van der Waals surface area (Å²) < 4.78 is 37.6. The molecule has 1 aliphatic rings. The van der Waals surface area contributed by atoms with E-state index in [4.69, 9.17) is 21.7 Å². The molecule has 0 aromatic heterocycles. The zero-order valence-corrected chi connectivity index (χ0v) is 19.5. The molecule has 10 heteroatoms. The molecule has 1 saturated heterocycles. The monoisotopic (exact) mass is 477 g/mol. The number of nitrogens with one attached hydrogen (secondary N) is 2. The van der Waals surface area contributed by atoms with Crippen LogP contribution in [0.15, 0.2) is 53.4 Å². The highest BCUT2D eigenvalue weighted by atomic mass is 32.2. The number of rotatable bonds is 8. The number of ether oxygens (including phenoxy) is 2. The first-order valence-electron chi connectivity index (χ1n) is 10.4. The Balaban J connectivity index is 1.57. The Kier molecular flexibility index (Phi) is 8.57. The Labute approximate surface area is 193 Å². The van der Waals surface area contributed by atoms with E-state index in [1.54, 1.807) is 36.4 Å². The second-order valence-corrected chi connectivity index (χ2v) is 9.53. The summed E-state index contributed by atoms with van der Waals surface area (Å²) in [6.07, 6.45) is 1.97. The van der Waals surface area contributed by atoms with E-state index in [0.29, 0.717) is 49.9 Å². The number of nitrogens with zero attached hydrogens (tertiary/aromatic N) is 1. The van der Waals surface area contributed by atoms with Gasteiger partial charge in [0.1, 0.15) is 5.75 Å². The van der Waals surface area contributed by atoms with E-state index in [9.17, 15) is 13.2 Å². The molecule has 2 N–H and O–H groups in total. The van der Waals surface area contributed by atoms with Crippen LogP contribution in [0.5, 0.6) is 5.75 Å². The maximum atomic E-state index is 12.7. The minimum absolute atomic E-state index is 0.107. The third kappa shape index (κ3) is 6.49. The fraction of sp³-hybridized carbons (Fsp3) is 0.364. The Morgan fingerprint density at radius 2 is 1.88 bits per heavy atom. The zero-order chi connectivity index (χ0) is 23.0. The molecule has 0 unspecified atom stereocenters. The SMILES string of the molecule is CCCCOc1cccc(C(=O)NC(=S)Nc2ccc(S(=O)(=O)N3CCOCC3)cc2)c1. The third-order valence-corrected chi connectivity index (χ3v) is 6.93. The maximum absolute atomic E-state index is 12.7. The number of morpholine rings is 1. The lowest BCUT2D eigenvalue weighted by atomic mass is 10.2. The summed E-state index contributed by atoms with van der Waals surface area (Å²) in [5.41, 5.74) is 0.989. The van der Waals surface area contributed by atoms with Crippen molar-refractivity contribution in [2.45, 2.75) is 24.7 Å². The molecule has 0 spiro atoms. The zero-order valence-electron chi connectivity index (χ0n) is 17.9. The number of unbranched alkanes of at least 4 members (excludes halogenated alkanes) is 1. The van der Waals surface area contributed by atoms with Gasteiger partial charge >= 0.3 is 0 Å². The molecule has 2 aromatic carbocycles. The number of amides is 1. The first-order valence-corrected chi connectivity index (χ1v) is 12.3. The fourth-order valence-corrected chi connectivity index (χ4v) is 4.66. The standard InChI is InChI=1S/C22H27N3O5S2/c1-2-3-13-30-19-6-4-5-17(16-19)21(26)24-22(31)23-18-7-9-20(10-8-18)32(27,28)25-11-14-29-15-12-25/h4-10,16H,2-3,11-15H2,1H3,(H2,23,24,26,31). The Morgan fingerprint density at radius 3 is 2.56 bits per heavy atom. The summed E-state index contributed by atoms with van der Waals surface area (Å²) in [6.45, 7) is 4.13. The second kappa shape index (κ2) is 11.4. The maximum Gasteiger partial charge on any atom is 0.257 e. The molecule has 8 nitrogen and oxygen atoms in total. The predicted molar refractivity (Wildman–Crippen MR) is 127 cm³/mol. The van der Waals surface area contributed by atoms with E-state index in [1.165, 1.54) is 16.4 Å². The van der Waals surface area contributed by atoms with Crippen LogP contribution in [0.4, 0.5) is 5.69 Å². The lowest BCUT2D eigenvalue weighted by Gasteiger charge is -2.26. The number of anilines is 1. The fourth-order valence-electron chi connectivity index (χ4n) is 3.05. The number of hydrogen-bond acceptors (Lipinski definition) is 6. The van der Waals surface area contributed by atoms with Gasteiger partial charge in [-0.3, -0.25) is 10.1 Å². The van der Waals surface area contributed by atoms with E-state index < -0.39 is 10.0 Å². The van der Waals surface area contributed by atoms with Gasteiger partial charge in [0.15, 0.2) is 5.11 Å². The average molecular weight is 478 g/mol. The van der Waals surface area contributed by atoms with Crippen molar-refractivity contribution in [1.29, 1.82) is 0 Å². The van der Waals surface area contributed by atoms with Gasteiger partial charge in [0, 0.05) is 24.3 Å². The molecule has 0 saturated carbocycles. The molecule has 0 atom stereocenters. The summed E-state index contributed by atoms with van der Waals surface area (Å²) in [5.74, 6) is 0.261. The van der Waals surface area contributed by atoms with Gasteiger partial charge in [0.05, 0.1) is 24.7 Å². The van der Waals surface area contributed by atoms with Crippen LogP contribution in [0.1, 0.15) is 30.1 Å². The van der Waals surface area contributed by atoms with Crippen molar-refractivity contribution >= 4 is 38.9 Å². The molecule has 172 valence electrons. The lowest BCUT2D eigenvalue weighted by molar-refractivity contribution is 0.0730. The van der Waals surface area contributed by atoms with Crippen molar-refractivity contribution < 1.29 is 22.7 Å². The molecule has 0 aliphatic carbocycles. The molecule has 3 rings (SSSR count). The Hall–Kier alpha value is -2.53. The molecule has 1 fully saturated rings. The van der Waals surface area contributed by atoms with Crippen LogP contribution in [0.25, 0.3) is 0 Å². The second-order valence-electron chi connectivity index (χ2n) is 7.18. The molecular weight excluding hydrogens is 450 g/mol. The molecule has 0 radical (unpaired) electrons. The van der Waals surface area contributed by atoms with Gasteiger partial charge in [-0.05, 0) is 61.1 Å². The topological polar surface area (TPSA) is 97.0 Å². The van der Waals surface area contributed by atoms with Crippen LogP contribution < -0.4 is 15.4 Å². The molecule has 2 aromatic rings. The van der Waals surface area contributed by atoms with E-state index in [0.717, 1.165) is 12.8 Å². The van der Waals surface area contributed by atoms with Crippen LogP contribution in [0, 0.1) is 0 Å². The normalized spacial score (nSPS) is 14.5. The van der Waals surface area contributed by atoms with Crippen molar-refractivity contribution in [3.05, 3.63) is 54.1 Å². The number of sulfonamides is 1. The van der Waals surface area contributed by atoms with Gasteiger partial charge in [-0.1, -0.05) is 19.4 Å². The van der Waals surface area contributed by atoms with Gasteiger partial charge in [0.2, 0.25) is 10.0 Å². The third-order valence-electron chi connectivity index (χ3n) is 4.81. The predicted octanol–water partition coefficient (Wildman–Crippen LogP) is 3.01. The van der Waals surface area contributed by atoms with E-state index in [2.05, 4.69) is 17.6 Å². The number of benzene rings is 2. The van der Waals surface area contributed by atoms with Gasteiger partial charge in [0.25, 0.3) is 5.91 Å². The first kappa shape index (κ1) is 24.1. The first-order chi connectivity index (χ1) is 15.4. The van der Waals surface area contributed by atoms with Crippen LogP contribution in [-0.2, 0) is 14.8 Å². The summed E-state index contributed by atoms with van der Waals surface area (Å²) in [4.78, 5) is 12.7. The van der Waals surface area contributed by atoms with Crippen LogP contribution >= 0.6 is 12.2 Å². The molecule has 1 amide bonds. The van der Waals surface area contributed by atoms with Crippen LogP contribution in [-0.4, -0.2) is 56.7 Å². The van der Waals surface area contributed by atoms with E-state index in [1.807, 2.05) is 0 Å². The number of thiocarbonyl (C=S) groups is 1. The number of carbonyl (C=O) groups is 1. The largest absolute Gasteiger partial charge is 0.494 e. The average Bonchev–Trinajstić information content (AvgIpc) is 2.80. The number of carbonyl (C=O) groups excluding carboxylic acids is 1. The van der Waals surface area contributed by atoms with Gasteiger partial charge in [-0.25, -0.2) is 8.42 Å². The Bertz CT molecular complexity index is 1040. The van der Waals surface area contributed by atoms with Gasteiger partial charge < -0.3 is 14.8 Å². The highest BCUT2D eigenvalue weighted by Gasteiger charge is 2.26. The van der Waals surface area contributed by atoms with Crippen molar-refractivity contribution in [2.75, 3.05) is 38.2 Å². The van der Waals surface area contributed by atoms with Gasteiger partial charge in [-0.2, -0.15) is 4.31 Å². The van der Waals surface area contributed by atoms with E-state index >= 15 is 0 Å². The van der Waals surface area contributed by atoms with Gasteiger partial charge in [-0.15, -0.1) is 0 Å². The van der Waals surface area contributed by atoms with Crippen molar-refractivity contribution in [1.82, 2.24) is 9.62 Å². The molecule has 0 bridgehead atoms. The van der Waals surface area contributed by atoms with Crippen LogP contribution in [0.3, 0.4) is 0 Å². The minimum Gasteiger partial charge on any atom is -0.494 e. The van der Waals surface area contributed by atoms with E-state index in [-0.39, 0.29) is 15.9 Å². The van der Waals surface area contributed by atoms with Crippen LogP contribution in [0.2, 0.25) is 0 Å². The molecule has 1 aliphatic heterocycles. The summed E-state index contributed by atoms with van der Waals surface area (Å²) in [6, 6.07) is 13.1. The molecular formula is C22H27N3O5S2. The molecule has 32 heavy (non-hydrogen) atoms. The number of hydrogen-bond donors (Lipinski definition) is 2. The highest BCUT2D eigenvalue weighted by Crippen LogP contribution is 2.19. The van der Waals surface area contributed by atoms with Crippen molar-refractivity contribution in [2.24, 2.45) is 0 Å². The summed E-state index contributed by atoms with van der Waals surface area (Å²) in [5, 5.41) is 5.63. The Morgan fingerprint density at radius 1 is 1.16 bits per heavy atom. The summed E-state index contributed by atoms with van der Waals surface area (Å²) in [7, 11) is -3.56. The quantitative estimate of drug-likeness (QED) is 0.446. The lowest BCUT2D eigenvalue weighted by Crippen LogP contribution is -2.40. The molecule has 1 heterocycles. The van der Waals surface area contributed by atoms with Crippen molar-refractivity contribution in [3.8, 4) is 5.75 Å². The van der Waals surface area contributed by atoms with Crippen molar-refractivity contribution in [3.63, 3.8) is 0 Å². The minimum atomic E-state index is -3.56. The smallest absolute Gasteiger partial charge is 0.257 e.